The number of ether oxygens (including phenoxy) is 5. The molecule has 1 aliphatic heterocycles. The molecule has 0 aromatic heterocycles. The number of unbranched alkanes of at least 4 members (excludes halogenated alkanes) is 10. The summed E-state index contributed by atoms with van der Waals surface area (Å²) in [5.74, 6) is 0. The summed E-state index contributed by atoms with van der Waals surface area (Å²) in [7, 11) is 0. The van der Waals surface area contributed by atoms with Crippen molar-refractivity contribution in [3.05, 3.63) is 12.7 Å². The predicted molar refractivity (Wildman–Crippen MR) is 153 cm³/mol. The Kier molecular flexibility index (Phi) is 19.0. The van der Waals surface area contributed by atoms with Crippen LogP contribution < -0.4 is 11.1 Å². The van der Waals surface area contributed by atoms with E-state index < -0.39 is 42.3 Å². The van der Waals surface area contributed by atoms with E-state index in [4.69, 9.17) is 29.4 Å². The van der Waals surface area contributed by atoms with E-state index in [2.05, 4.69) is 25.7 Å². The van der Waals surface area contributed by atoms with Crippen LogP contribution >= 0.6 is 0 Å². The molecule has 0 saturated carbocycles. The first-order chi connectivity index (χ1) is 18.3. The van der Waals surface area contributed by atoms with Gasteiger partial charge in [-0.1, -0.05) is 84.1 Å². The molecule has 0 radical (unpaired) electrons. The Labute approximate surface area is 232 Å². The molecule has 0 aromatic rings. The summed E-state index contributed by atoms with van der Waals surface area (Å²) in [6.45, 7) is 15.3. The number of hydrogen-bond donors (Lipinski definition) is 2. The van der Waals surface area contributed by atoms with Crippen molar-refractivity contribution < 1.29 is 28.5 Å². The molecular weight excluding hydrogens is 484 g/mol. The molecule has 1 saturated heterocycles. The van der Waals surface area contributed by atoms with Gasteiger partial charge in [-0.15, -0.1) is 6.58 Å². The second-order valence-corrected chi connectivity index (χ2v) is 11.3. The first-order valence-electron chi connectivity index (χ1n) is 15.1. The van der Waals surface area contributed by atoms with Crippen LogP contribution in [0, 0.1) is 0 Å². The molecule has 0 aliphatic carbocycles. The van der Waals surface area contributed by atoms with Crippen LogP contribution in [-0.4, -0.2) is 68.7 Å². The Morgan fingerprint density at radius 2 is 1.39 bits per heavy atom. The molecule has 8 heteroatoms. The highest BCUT2D eigenvalue weighted by atomic mass is 16.7. The average molecular weight is 543 g/mol. The van der Waals surface area contributed by atoms with Gasteiger partial charge in [0.2, 0.25) is 0 Å². The molecular formula is C30H58N2O6. The van der Waals surface area contributed by atoms with Gasteiger partial charge >= 0.3 is 6.09 Å². The van der Waals surface area contributed by atoms with Gasteiger partial charge in [0.05, 0.1) is 6.61 Å². The van der Waals surface area contributed by atoms with Gasteiger partial charge in [-0.25, -0.2) is 4.79 Å². The molecule has 1 heterocycles. The molecule has 8 nitrogen and oxygen atoms in total. The number of hydrogen-bond acceptors (Lipinski definition) is 7. The summed E-state index contributed by atoms with van der Waals surface area (Å²) in [5, 5.41) is 2.96. The number of rotatable bonds is 21. The maximum absolute atomic E-state index is 12.8. The smallest absolute Gasteiger partial charge is 0.408 e. The molecule has 1 aliphatic rings. The third kappa shape index (κ3) is 14.8. The summed E-state index contributed by atoms with van der Waals surface area (Å²) < 4.78 is 30.6. The van der Waals surface area contributed by atoms with E-state index in [9.17, 15) is 4.79 Å². The second kappa shape index (κ2) is 20.7. The van der Waals surface area contributed by atoms with Gasteiger partial charge in [0.1, 0.15) is 30.0 Å². The van der Waals surface area contributed by atoms with Crippen LogP contribution in [-0.2, 0) is 23.7 Å². The molecule has 224 valence electrons. The lowest BCUT2D eigenvalue weighted by molar-refractivity contribution is -0.274. The number of nitrogens with two attached hydrogens (primary N) is 1. The van der Waals surface area contributed by atoms with Gasteiger partial charge in [0, 0.05) is 19.8 Å². The van der Waals surface area contributed by atoms with Gasteiger partial charge in [-0.2, -0.15) is 0 Å². The Hall–Kier alpha value is -1.19. The molecule has 0 spiro atoms. The summed E-state index contributed by atoms with van der Waals surface area (Å²) in [6, 6.07) is -0.623. The van der Waals surface area contributed by atoms with Crippen molar-refractivity contribution in [1.29, 1.82) is 0 Å². The predicted octanol–water partition coefficient (Wildman–Crippen LogP) is 6.26. The van der Waals surface area contributed by atoms with Gasteiger partial charge in [0.15, 0.2) is 6.29 Å². The monoisotopic (exact) mass is 542 g/mol. The minimum absolute atomic E-state index is 0.255. The van der Waals surface area contributed by atoms with Crippen molar-refractivity contribution in [3.8, 4) is 0 Å². The number of alkyl carbamates (subject to hydrolysis) is 1. The number of carbonyl (C=O) groups excluding carboxylic acids is 1. The van der Waals surface area contributed by atoms with E-state index in [1.165, 1.54) is 51.4 Å². The van der Waals surface area contributed by atoms with Crippen LogP contribution in [0.4, 0.5) is 4.79 Å². The lowest BCUT2D eigenvalue weighted by Crippen LogP contribution is -2.67. The van der Waals surface area contributed by atoms with Gasteiger partial charge < -0.3 is 34.7 Å². The molecule has 5 atom stereocenters. The van der Waals surface area contributed by atoms with E-state index in [0.29, 0.717) is 13.2 Å². The second-order valence-electron chi connectivity index (χ2n) is 11.3. The molecule has 5 unspecified atom stereocenters. The molecule has 1 fully saturated rings. The van der Waals surface area contributed by atoms with E-state index >= 15 is 0 Å². The molecule has 3 N–H and O–H groups in total. The van der Waals surface area contributed by atoms with Crippen LogP contribution in [0.2, 0.25) is 0 Å². The maximum Gasteiger partial charge on any atom is 0.408 e. The molecule has 1 amide bonds. The quantitative estimate of drug-likeness (QED) is 0.130. The fraction of sp³-hybridized carbons (Fsp3) is 0.900. The minimum atomic E-state index is -0.766. The standard InChI is InChI=1S/C30H58N2O6/c1-7-10-12-14-15-17-19-22-35-27-25(32-29(33)38-30(4,5)6)28(36-20-9-3)37-24(23-31)26(27)34-21-18-16-13-11-8-2/h9,24-28H,3,7-8,10-23,31H2,1-2,4-6H3,(H,32,33). The Morgan fingerprint density at radius 1 is 0.868 bits per heavy atom. The first kappa shape index (κ1) is 34.8. The van der Waals surface area contributed by atoms with Crippen molar-refractivity contribution in [2.75, 3.05) is 26.4 Å². The Balaban J connectivity index is 2.97. The van der Waals surface area contributed by atoms with Gasteiger partial charge in [-0.3, -0.25) is 0 Å². The fourth-order valence-corrected chi connectivity index (χ4v) is 4.60. The van der Waals surface area contributed by atoms with E-state index in [-0.39, 0.29) is 13.2 Å². The van der Waals surface area contributed by atoms with Crippen molar-refractivity contribution >= 4 is 6.09 Å². The lowest BCUT2D eigenvalue weighted by atomic mass is 9.95. The SMILES string of the molecule is C=CCOC1OC(CN)C(OCCCCCCC)C(OCCCCCCCCC)C1NC(=O)OC(C)(C)C. The zero-order chi connectivity index (χ0) is 28.2. The summed E-state index contributed by atoms with van der Waals surface area (Å²) in [5.41, 5.74) is 5.49. The topological polar surface area (TPSA) is 101 Å². The van der Waals surface area contributed by atoms with Crippen molar-refractivity contribution in [3.63, 3.8) is 0 Å². The van der Waals surface area contributed by atoms with Gasteiger partial charge in [0.25, 0.3) is 0 Å². The van der Waals surface area contributed by atoms with Crippen LogP contribution in [0.25, 0.3) is 0 Å². The van der Waals surface area contributed by atoms with E-state index in [0.717, 1.165) is 25.7 Å². The Bertz CT molecular complexity index is 612. The molecule has 0 aromatic carbocycles. The highest BCUT2D eigenvalue weighted by Gasteiger charge is 2.48. The third-order valence-electron chi connectivity index (χ3n) is 6.56. The van der Waals surface area contributed by atoms with Crippen molar-refractivity contribution in [1.82, 2.24) is 5.32 Å². The Morgan fingerprint density at radius 3 is 1.89 bits per heavy atom. The van der Waals surface area contributed by atoms with Crippen molar-refractivity contribution in [2.45, 2.75) is 148 Å². The highest BCUT2D eigenvalue weighted by molar-refractivity contribution is 5.68. The van der Waals surface area contributed by atoms with Crippen LogP contribution in [0.5, 0.6) is 0 Å². The zero-order valence-electron chi connectivity index (χ0n) is 25.0. The normalized spacial score (nSPS) is 23.8. The van der Waals surface area contributed by atoms with Gasteiger partial charge in [-0.05, 0) is 33.6 Å². The average Bonchev–Trinajstić information content (AvgIpc) is 2.86. The van der Waals surface area contributed by atoms with Crippen LogP contribution in [0.3, 0.4) is 0 Å². The van der Waals surface area contributed by atoms with E-state index in [1.54, 1.807) is 6.08 Å². The van der Waals surface area contributed by atoms with Crippen LogP contribution in [0.1, 0.15) is 112 Å². The third-order valence-corrected chi connectivity index (χ3v) is 6.56. The van der Waals surface area contributed by atoms with Crippen molar-refractivity contribution in [2.24, 2.45) is 5.73 Å². The number of nitrogens with one attached hydrogen (secondary N) is 1. The largest absolute Gasteiger partial charge is 0.444 e. The summed E-state index contributed by atoms with van der Waals surface area (Å²) >= 11 is 0. The van der Waals surface area contributed by atoms with E-state index in [1.807, 2.05) is 20.8 Å². The number of amides is 1. The number of carbonyl (C=O) groups is 1. The summed E-state index contributed by atoms with van der Waals surface area (Å²) in [4.78, 5) is 12.8. The molecule has 38 heavy (non-hydrogen) atoms. The molecule has 1 rings (SSSR count). The minimum Gasteiger partial charge on any atom is -0.444 e. The summed E-state index contributed by atoms with van der Waals surface area (Å²) in [6.07, 6.45) is 13.0. The zero-order valence-corrected chi connectivity index (χ0v) is 25.0. The maximum atomic E-state index is 12.8. The first-order valence-corrected chi connectivity index (χ1v) is 15.1. The fourth-order valence-electron chi connectivity index (χ4n) is 4.60. The lowest BCUT2D eigenvalue weighted by Gasteiger charge is -2.46. The highest BCUT2D eigenvalue weighted by Crippen LogP contribution is 2.28. The molecule has 0 bridgehead atoms. The van der Waals surface area contributed by atoms with Crippen LogP contribution in [0.15, 0.2) is 12.7 Å².